The van der Waals surface area contributed by atoms with Gasteiger partial charge in [0.05, 0.1) is 22.9 Å². The van der Waals surface area contributed by atoms with Crippen molar-refractivity contribution in [2.24, 2.45) is 0 Å². The fourth-order valence-electron chi connectivity index (χ4n) is 3.91. The van der Waals surface area contributed by atoms with E-state index >= 15 is 0 Å². The second kappa shape index (κ2) is 7.61. The van der Waals surface area contributed by atoms with Crippen molar-refractivity contribution < 1.29 is 4.79 Å². The van der Waals surface area contributed by atoms with E-state index in [9.17, 15) is 4.79 Å². The number of carbonyl (C=O) groups excluding carboxylic acids is 1. The Kier molecular flexibility index (Phi) is 4.79. The van der Waals surface area contributed by atoms with Gasteiger partial charge >= 0.3 is 0 Å². The van der Waals surface area contributed by atoms with Crippen LogP contribution >= 0.6 is 11.6 Å². The van der Waals surface area contributed by atoms with Crippen LogP contribution < -0.4 is 0 Å². The maximum Gasteiger partial charge on any atom is 0.193 e. The van der Waals surface area contributed by atoms with Crippen molar-refractivity contribution in [3.8, 4) is 5.82 Å². The fourth-order valence-corrected chi connectivity index (χ4v) is 4.17. The van der Waals surface area contributed by atoms with Gasteiger partial charge in [-0.2, -0.15) is 10.2 Å². The minimum Gasteiger partial charge on any atom is -0.299 e. The van der Waals surface area contributed by atoms with E-state index in [1.165, 1.54) is 34.2 Å². The van der Waals surface area contributed by atoms with Gasteiger partial charge in [-0.1, -0.05) is 23.2 Å². The van der Waals surface area contributed by atoms with Gasteiger partial charge in [0.1, 0.15) is 5.78 Å². The third-order valence-corrected chi connectivity index (χ3v) is 5.69. The van der Waals surface area contributed by atoms with Crippen LogP contribution in [0.2, 0.25) is 5.02 Å². The van der Waals surface area contributed by atoms with Crippen LogP contribution in [0.4, 0.5) is 0 Å². The third-order valence-electron chi connectivity index (χ3n) is 5.41. The Morgan fingerprint density at radius 2 is 1.90 bits per heavy atom. The summed E-state index contributed by atoms with van der Waals surface area (Å²) in [7, 11) is 0. The summed E-state index contributed by atoms with van der Waals surface area (Å²) in [5, 5.41) is 9.68. The highest BCUT2D eigenvalue weighted by Crippen LogP contribution is 2.44. The zero-order chi connectivity index (χ0) is 20.7. The zero-order valence-corrected chi connectivity index (χ0v) is 17.3. The Morgan fingerprint density at radius 3 is 2.63 bits per heavy atom. The molecule has 1 aliphatic carbocycles. The molecule has 3 aromatic heterocycles. The summed E-state index contributed by atoms with van der Waals surface area (Å²) in [6.07, 6.45) is 9.65. The molecule has 0 spiro atoms. The molecule has 1 saturated carbocycles. The summed E-state index contributed by atoms with van der Waals surface area (Å²) in [4.78, 5) is 23.2. The third kappa shape index (κ3) is 3.71. The minimum absolute atomic E-state index is 0.119. The van der Waals surface area contributed by atoms with Crippen LogP contribution in [0.5, 0.6) is 0 Å². The summed E-state index contributed by atoms with van der Waals surface area (Å²) in [6.45, 7) is 2.09. The van der Waals surface area contributed by atoms with Gasteiger partial charge in [0, 0.05) is 30.6 Å². The van der Waals surface area contributed by atoms with Crippen LogP contribution in [0.15, 0.2) is 49.1 Å². The Labute approximate surface area is 178 Å². The molecule has 3 heterocycles. The van der Waals surface area contributed by atoms with Crippen LogP contribution in [0.1, 0.15) is 41.0 Å². The summed E-state index contributed by atoms with van der Waals surface area (Å²) in [6, 6.07) is 8.09. The number of ketones is 1. The van der Waals surface area contributed by atoms with E-state index < -0.39 is 0 Å². The van der Waals surface area contributed by atoms with Crippen molar-refractivity contribution >= 4 is 28.3 Å². The molecule has 30 heavy (non-hydrogen) atoms. The van der Waals surface area contributed by atoms with E-state index in [0.717, 1.165) is 16.6 Å². The van der Waals surface area contributed by atoms with Crippen molar-refractivity contribution in [1.82, 2.24) is 25.0 Å². The number of aryl methyl sites for hydroxylation is 1. The van der Waals surface area contributed by atoms with Gasteiger partial charge in [0.15, 0.2) is 5.82 Å². The number of Topliss-reactive ketones (excluding diaryl/α,β-unsaturated/α-hetero) is 1. The molecule has 0 radical (unpaired) electrons. The smallest absolute Gasteiger partial charge is 0.193 e. The standard InChI is InChI=1S/C23H20ClN5O/c1-14-2-5-21-19(8-14)22(16-3-4-16)17(13-25-21)11-18(30)9-15-10-20(24)23(26-12-15)29-27-6-7-28-29/h2,5-8,10,12-13,16H,3-4,9,11H2,1H3. The number of aromatic nitrogens is 5. The van der Waals surface area contributed by atoms with Crippen molar-refractivity contribution in [2.75, 3.05) is 0 Å². The van der Waals surface area contributed by atoms with Crippen molar-refractivity contribution in [3.63, 3.8) is 0 Å². The van der Waals surface area contributed by atoms with Gasteiger partial charge in [-0.25, -0.2) is 4.98 Å². The SMILES string of the molecule is Cc1ccc2ncc(CC(=O)Cc3cnc(-n4nccn4)c(Cl)c3)c(C3CC3)c2c1. The molecule has 0 unspecified atom stereocenters. The topological polar surface area (TPSA) is 73.6 Å². The molecule has 0 amide bonds. The van der Waals surface area contributed by atoms with Crippen LogP contribution in [-0.4, -0.2) is 30.7 Å². The van der Waals surface area contributed by atoms with Gasteiger partial charge in [0.2, 0.25) is 0 Å². The number of carbonyl (C=O) groups is 1. The highest BCUT2D eigenvalue weighted by Gasteiger charge is 2.29. The normalized spacial score (nSPS) is 13.7. The minimum atomic E-state index is 0.119. The molecule has 1 aliphatic rings. The molecule has 7 heteroatoms. The molecule has 4 aromatic rings. The lowest BCUT2D eigenvalue weighted by atomic mass is 9.94. The molecule has 1 aromatic carbocycles. The van der Waals surface area contributed by atoms with Crippen LogP contribution in [0.25, 0.3) is 16.7 Å². The lowest BCUT2D eigenvalue weighted by Crippen LogP contribution is -2.10. The molecule has 0 saturated heterocycles. The lowest BCUT2D eigenvalue weighted by Gasteiger charge is -2.12. The molecule has 6 nitrogen and oxygen atoms in total. The fraction of sp³-hybridized carbons (Fsp3) is 0.261. The Morgan fingerprint density at radius 1 is 1.10 bits per heavy atom. The van der Waals surface area contributed by atoms with E-state index in [1.54, 1.807) is 24.7 Å². The van der Waals surface area contributed by atoms with Crippen LogP contribution in [0, 0.1) is 6.92 Å². The number of rotatable bonds is 6. The highest BCUT2D eigenvalue weighted by molar-refractivity contribution is 6.32. The molecule has 0 N–H and O–H groups in total. The first-order chi connectivity index (χ1) is 14.6. The van der Waals surface area contributed by atoms with Gasteiger partial charge in [-0.3, -0.25) is 9.78 Å². The van der Waals surface area contributed by atoms with E-state index in [-0.39, 0.29) is 12.2 Å². The predicted octanol–water partition coefficient (Wildman–Crippen LogP) is 4.40. The summed E-state index contributed by atoms with van der Waals surface area (Å²) in [5.41, 5.74) is 5.32. The van der Waals surface area contributed by atoms with Crippen LogP contribution in [-0.2, 0) is 17.6 Å². The first-order valence-electron chi connectivity index (χ1n) is 9.99. The molecule has 0 aliphatic heterocycles. The van der Waals surface area contributed by atoms with Crippen molar-refractivity contribution in [2.45, 2.75) is 38.5 Å². The predicted molar refractivity (Wildman–Crippen MR) is 115 cm³/mol. The van der Waals surface area contributed by atoms with E-state index in [4.69, 9.17) is 11.6 Å². The monoisotopic (exact) mass is 417 g/mol. The average Bonchev–Trinajstić information content (AvgIpc) is 3.40. The Balaban J connectivity index is 1.39. The summed E-state index contributed by atoms with van der Waals surface area (Å²) >= 11 is 6.34. The second-order valence-electron chi connectivity index (χ2n) is 7.85. The van der Waals surface area contributed by atoms with E-state index in [2.05, 4.69) is 45.3 Å². The maximum absolute atomic E-state index is 12.9. The van der Waals surface area contributed by atoms with Crippen molar-refractivity contribution in [1.29, 1.82) is 0 Å². The highest BCUT2D eigenvalue weighted by atomic mass is 35.5. The number of halogens is 1. The van der Waals surface area contributed by atoms with Crippen LogP contribution in [0.3, 0.4) is 0 Å². The van der Waals surface area contributed by atoms with Gasteiger partial charge in [-0.15, -0.1) is 4.80 Å². The number of hydrogen-bond acceptors (Lipinski definition) is 5. The number of fused-ring (bicyclic) bond motifs is 1. The molecule has 0 atom stereocenters. The molecule has 150 valence electrons. The van der Waals surface area contributed by atoms with Crippen molar-refractivity contribution in [3.05, 3.63) is 76.3 Å². The lowest BCUT2D eigenvalue weighted by molar-refractivity contribution is -0.117. The molecule has 5 rings (SSSR count). The molecule has 0 bridgehead atoms. The molecular weight excluding hydrogens is 398 g/mol. The largest absolute Gasteiger partial charge is 0.299 e. The Bertz CT molecular complexity index is 1250. The second-order valence-corrected chi connectivity index (χ2v) is 8.26. The van der Waals surface area contributed by atoms with E-state index in [1.807, 2.05) is 6.20 Å². The first kappa shape index (κ1) is 18.9. The quantitative estimate of drug-likeness (QED) is 0.464. The van der Waals surface area contributed by atoms with Gasteiger partial charge in [-0.05, 0) is 60.6 Å². The van der Waals surface area contributed by atoms with Gasteiger partial charge < -0.3 is 0 Å². The van der Waals surface area contributed by atoms with E-state index in [0.29, 0.717) is 23.2 Å². The zero-order valence-electron chi connectivity index (χ0n) is 16.5. The summed E-state index contributed by atoms with van der Waals surface area (Å²) < 4.78 is 0. The summed E-state index contributed by atoms with van der Waals surface area (Å²) in [5.74, 6) is 1.11. The maximum atomic E-state index is 12.9. The first-order valence-corrected chi connectivity index (χ1v) is 10.4. The Hall–Kier alpha value is -3.12. The number of hydrogen-bond donors (Lipinski definition) is 0. The number of benzene rings is 1. The average molecular weight is 418 g/mol. The molecular formula is C23H20ClN5O. The number of nitrogens with zero attached hydrogens (tertiary/aromatic N) is 5. The number of pyridine rings is 2. The molecule has 1 fully saturated rings. The van der Waals surface area contributed by atoms with Gasteiger partial charge in [0.25, 0.3) is 0 Å².